The maximum absolute atomic E-state index is 12.8. The maximum Gasteiger partial charge on any atom is 0.167 e. The normalized spacial score (nSPS) is 17.6. The van der Waals surface area contributed by atoms with Crippen LogP contribution in [0.2, 0.25) is 0 Å². The Kier molecular flexibility index (Phi) is 5.74. The Balaban J connectivity index is 1.87. The number of carbonyl (C=O) groups is 1. The Morgan fingerprint density at radius 2 is 1.96 bits per heavy atom. The predicted octanol–water partition coefficient (Wildman–Crippen LogP) is 2.70. The first-order valence-corrected chi connectivity index (χ1v) is 9.22. The number of aliphatic hydroxyl groups excluding tert-OH is 3. The zero-order chi connectivity index (χ0) is 20.5. The Hall–Kier alpha value is -2.41. The third-order valence-electron chi connectivity index (χ3n) is 5.04. The maximum atomic E-state index is 12.8. The summed E-state index contributed by atoms with van der Waals surface area (Å²) in [6.45, 7) is 3.32. The fraction of sp³-hybridized carbons (Fsp3) is 0.409. The van der Waals surface area contributed by atoms with Gasteiger partial charge in [0.15, 0.2) is 5.78 Å². The van der Waals surface area contributed by atoms with Crippen LogP contribution in [0.1, 0.15) is 59.0 Å². The molecule has 28 heavy (non-hydrogen) atoms. The lowest BCUT2D eigenvalue weighted by Gasteiger charge is -2.35. The van der Waals surface area contributed by atoms with Gasteiger partial charge in [-0.1, -0.05) is 6.07 Å². The number of hydrogen-bond donors (Lipinski definition) is 3. The zero-order valence-corrected chi connectivity index (χ0v) is 16.4. The van der Waals surface area contributed by atoms with Crippen molar-refractivity contribution >= 4 is 5.78 Å². The molecular weight excluding hydrogens is 360 g/mol. The lowest BCUT2D eigenvalue weighted by molar-refractivity contribution is 0.0115. The summed E-state index contributed by atoms with van der Waals surface area (Å²) in [5.74, 6) is 0.910. The quantitative estimate of drug-likeness (QED) is 0.661. The number of hydrogen-bond acceptors (Lipinski definition) is 6. The number of aliphatic hydroxyl groups is 3. The molecule has 0 bridgehead atoms. The Bertz CT molecular complexity index is 862. The third kappa shape index (κ3) is 4.04. The van der Waals surface area contributed by atoms with E-state index in [2.05, 4.69) is 0 Å². The van der Waals surface area contributed by atoms with E-state index >= 15 is 0 Å². The van der Waals surface area contributed by atoms with E-state index in [1.165, 1.54) is 7.11 Å². The molecule has 1 aliphatic heterocycles. The van der Waals surface area contributed by atoms with Crippen molar-refractivity contribution in [2.24, 2.45) is 0 Å². The average molecular weight is 386 g/mol. The highest BCUT2D eigenvalue weighted by molar-refractivity contribution is 5.98. The molecule has 1 unspecified atom stereocenters. The zero-order valence-electron chi connectivity index (χ0n) is 16.4. The smallest absolute Gasteiger partial charge is 0.167 e. The van der Waals surface area contributed by atoms with E-state index < -0.39 is 11.7 Å². The van der Waals surface area contributed by atoms with Crippen LogP contribution in [0.4, 0.5) is 0 Å². The highest BCUT2D eigenvalue weighted by Crippen LogP contribution is 2.40. The van der Waals surface area contributed by atoms with Gasteiger partial charge >= 0.3 is 0 Å². The van der Waals surface area contributed by atoms with Crippen LogP contribution in [0, 0.1) is 0 Å². The molecule has 3 N–H and O–H groups in total. The fourth-order valence-corrected chi connectivity index (χ4v) is 3.65. The van der Waals surface area contributed by atoms with E-state index in [1.807, 2.05) is 13.8 Å². The molecule has 0 aromatic heterocycles. The van der Waals surface area contributed by atoms with Crippen LogP contribution in [0.15, 0.2) is 30.3 Å². The largest absolute Gasteiger partial charge is 0.496 e. The fourth-order valence-electron chi connectivity index (χ4n) is 3.65. The number of benzene rings is 2. The Labute approximate surface area is 164 Å². The van der Waals surface area contributed by atoms with Crippen LogP contribution >= 0.6 is 0 Å². The summed E-state index contributed by atoms with van der Waals surface area (Å²) >= 11 is 0. The van der Waals surface area contributed by atoms with Crippen molar-refractivity contribution < 1.29 is 29.6 Å². The second-order valence-electron chi connectivity index (χ2n) is 7.69. The highest BCUT2D eigenvalue weighted by atomic mass is 16.5. The average Bonchev–Trinajstić information content (AvgIpc) is 2.65. The first-order valence-electron chi connectivity index (χ1n) is 9.22. The minimum atomic E-state index is -0.684. The van der Waals surface area contributed by atoms with Gasteiger partial charge in [-0.2, -0.15) is 0 Å². The van der Waals surface area contributed by atoms with Gasteiger partial charge in [-0.3, -0.25) is 4.79 Å². The lowest BCUT2D eigenvalue weighted by atomic mass is 9.89. The van der Waals surface area contributed by atoms with E-state index in [0.717, 1.165) is 0 Å². The number of fused-ring (bicyclic) bond motifs is 1. The first-order chi connectivity index (χ1) is 13.3. The molecule has 1 atom stereocenters. The van der Waals surface area contributed by atoms with Crippen LogP contribution < -0.4 is 9.47 Å². The Morgan fingerprint density at radius 3 is 2.61 bits per heavy atom. The van der Waals surface area contributed by atoms with E-state index in [4.69, 9.17) is 9.47 Å². The lowest BCUT2D eigenvalue weighted by Crippen LogP contribution is -2.34. The summed E-state index contributed by atoms with van der Waals surface area (Å²) in [7, 11) is 1.48. The molecule has 0 amide bonds. The van der Waals surface area contributed by atoms with Gasteiger partial charge in [0, 0.05) is 29.5 Å². The summed E-state index contributed by atoms with van der Waals surface area (Å²) in [6, 6.07) is 8.50. The van der Waals surface area contributed by atoms with Gasteiger partial charge in [-0.15, -0.1) is 0 Å². The van der Waals surface area contributed by atoms with Crippen LogP contribution in [-0.2, 0) is 19.6 Å². The van der Waals surface area contributed by atoms with Gasteiger partial charge in [0.2, 0.25) is 0 Å². The molecule has 0 aliphatic carbocycles. The molecule has 2 aromatic carbocycles. The molecule has 0 saturated heterocycles. The van der Waals surface area contributed by atoms with Crippen molar-refractivity contribution in [3.8, 4) is 11.5 Å². The molecule has 2 aromatic rings. The van der Waals surface area contributed by atoms with Gasteiger partial charge in [0.1, 0.15) is 17.1 Å². The van der Waals surface area contributed by atoms with Crippen molar-refractivity contribution in [3.05, 3.63) is 58.1 Å². The number of ether oxygens (including phenoxy) is 2. The van der Waals surface area contributed by atoms with Crippen molar-refractivity contribution in [2.45, 2.75) is 51.6 Å². The standard InChI is InChI=1S/C22H26O6/c1-22(2)10-19(26)16-9-14(4-5-20(16)28-22)18(25)7-13-6-15(11-23)17(12-24)21(8-13)27-3/h4-6,8-9,19,23-24,26H,7,10-12H2,1-3H3. The topological polar surface area (TPSA) is 96.2 Å². The number of carbonyl (C=O) groups excluding carboxylic acids is 1. The molecular formula is C22H26O6. The van der Waals surface area contributed by atoms with Gasteiger partial charge in [-0.05, 0) is 49.2 Å². The molecule has 3 rings (SSSR count). The van der Waals surface area contributed by atoms with Crippen LogP contribution in [0.3, 0.4) is 0 Å². The first kappa shape index (κ1) is 20.3. The minimum Gasteiger partial charge on any atom is -0.496 e. The minimum absolute atomic E-state index is 0.107. The number of Topliss-reactive ketones (excluding diaryl/α,β-unsaturated/α-hetero) is 1. The highest BCUT2D eigenvalue weighted by Gasteiger charge is 2.33. The second-order valence-corrected chi connectivity index (χ2v) is 7.69. The molecule has 0 fully saturated rings. The summed E-state index contributed by atoms with van der Waals surface area (Å²) in [5, 5.41) is 29.5. The third-order valence-corrected chi connectivity index (χ3v) is 5.04. The van der Waals surface area contributed by atoms with E-state index in [1.54, 1.807) is 30.3 Å². The number of rotatable bonds is 6. The Morgan fingerprint density at radius 1 is 1.21 bits per heavy atom. The monoisotopic (exact) mass is 386 g/mol. The summed E-state index contributed by atoms with van der Waals surface area (Å²) in [6.07, 6.45) is -0.121. The van der Waals surface area contributed by atoms with Crippen molar-refractivity contribution in [1.29, 1.82) is 0 Å². The van der Waals surface area contributed by atoms with Crippen molar-refractivity contribution in [2.75, 3.05) is 7.11 Å². The molecule has 0 spiro atoms. The SMILES string of the molecule is COc1cc(CC(=O)c2ccc3c(c2)C(O)CC(C)(C)O3)cc(CO)c1CO. The predicted molar refractivity (Wildman–Crippen MR) is 104 cm³/mol. The van der Waals surface area contributed by atoms with E-state index in [-0.39, 0.29) is 25.4 Å². The van der Waals surface area contributed by atoms with Crippen molar-refractivity contribution in [3.63, 3.8) is 0 Å². The van der Waals surface area contributed by atoms with E-state index in [0.29, 0.717) is 45.7 Å². The van der Waals surface area contributed by atoms with Crippen LogP contribution in [0.25, 0.3) is 0 Å². The van der Waals surface area contributed by atoms with Crippen LogP contribution in [-0.4, -0.2) is 33.8 Å². The summed E-state index contributed by atoms with van der Waals surface area (Å²) < 4.78 is 11.2. The van der Waals surface area contributed by atoms with Crippen molar-refractivity contribution in [1.82, 2.24) is 0 Å². The van der Waals surface area contributed by atoms with Gasteiger partial charge in [0.05, 0.1) is 26.4 Å². The molecule has 1 aliphatic rings. The second kappa shape index (κ2) is 7.91. The van der Waals surface area contributed by atoms with Gasteiger partial charge in [-0.25, -0.2) is 0 Å². The molecule has 150 valence electrons. The molecule has 6 nitrogen and oxygen atoms in total. The molecule has 0 radical (unpaired) electrons. The van der Waals surface area contributed by atoms with Gasteiger partial charge < -0.3 is 24.8 Å². The molecule has 1 heterocycles. The summed E-state index contributed by atoms with van der Waals surface area (Å²) in [4.78, 5) is 12.8. The molecule has 6 heteroatoms. The number of ketones is 1. The number of methoxy groups -OCH3 is 1. The van der Waals surface area contributed by atoms with E-state index in [9.17, 15) is 20.1 Å². The van der Waals surface area contributed by atoms with Gasteiger partial charge in [0.25, 0.3) is 0 Å². The molecule has 0 saturated carbocycles. The van der Waals surface area contributed by atoms with Crippen LogP contribution in [0.5, 0.6) is 11.5 Å². The summed E-state index contributed by atoms with van der Waals surface area (Å²) in [5.41, 5.74) is 2.37.